The highest BCUT2D eigenvalue weighted by Gasteiger charge is 2.49. The molecule has 3 unspecified atom stereocenters. The number of benzene rings is 1. The highest BCUT2D eigenvalue weighted by molar-refractivity contribution is 5.17. The van der Waals surface area contributed by atoms with E-state index >= 15 is 0 Å². The SMILES string of the molecule is CC12CCCC1OC(c1ccccc1)O2. The molecule has 2 aliphatic rings. The Morgan fingerprint density at radius 1 is 1.27 bits per heavy atom. The zero-order valence-electron chi connectivity index (χ0n) is 8.98. The minimum Gasteiger partial charge on any atom is -0.342 e. The van der Waals surface area contributed by atoms with Crippen LogP contribution in [0.15, 0.2) is 30.3 Å². The molecule has 0 spiro atoms. The van der Waals surface area contributed by atoms with E-state index in [1.807, 2.05) is 18.2 Å². The lowest BCUT2D eigenvalue weighted by Gasteiger charge is -2.20. The lowest BCUT2D eigenvalue weighted by molar-refractivity contribution is -0.0940. The third-order valence-corrected chi connectivity index (χ3v) is 3.56. The van der Waals surface area contributed by atoms with Crippen LogP contribution in [0.5, 0.6) is 0 Å². The molecule has 2 nitrogen and oxygen atoms in total. The summed E-state index contributed by atoms with van der Waals surface area (Å²) in [5.74, 6) is 0. The molecule has 3 rings (SSSR count). The summed E-state index contributed by atoms with van der Waals surface area (Å²) in [5.41, 5.74) is 1.09. The molecule has 2 heteroatoms. The smallest absolute Gasteiger partial charge is 0.185 e. The van der Waals surface area contributed by atoms with Crippen molar-refractivity contribution in [2.45, 2.75) is 44.2 Å². The van der Waals surface area contributed by atoms with Crippen LogP contribution in [-0.2, 0) is 9.47 Å². The maximum atomic E-state index is 6.04. The average molecular weight is 204 g/mol. The summed E-state index contributed by atoms with van der Waals surface area (Å²) in [4.78, 5) is 0. The Kier molecular flexibility index (Phi) is 2.08. The van der Waals surface area contributed by atoms with Crippen molar-refractivity contribution in [1.29, 1.82) is 0 Å². The first-order valence-electron chi connectivity index (χ1n) is 5.66. The predicted molar refractivity (Wildman–Crippen MR) is 57.4 cm³/mol. The molecule has 1 heterocycles. The van der Waals surface area contributed by atoms with Crippen molar-refractivity contribution in [3.05, 3.63) is 35.9 Å². The summed E-state index contributed by atoms with van der Waals surface area (Å²) in [6.45, 7) is 2.17. The molecular formula is C13H16O2. The van der Waals surface area contributed by atoms with Crippen molar-refractivity contribution in [2.75, 3.05) is 0 Å². The van der Waals surface area contributed by atoms with Gasteiger partial charge in [0.2, 0.25) is 0 Å². The van der Waals surface area contributed by atoms with E-state index in [9.17, 15) is 0 Å². The van der Waals surface area contributed by atoms with E-state index in [4.69, 9.17) is 9.47 Å². The van der Waals surface area contributed by atoms with Crippen LogP contribution in [0.25, 0.3) is 0 Å². The normalized spacial score (nSPS) is 39.3. The molecule has 1 aromatic rings. The van der Waals surface area contributed by atoms with Gasteiger partial charge < -0.3 is 9.47 Å². The second kappa shape index (κ2) is 3.32. The topological polar surface area (TPSA) is 18.5 Å². The van der Waals surface area contributed by atoms with Gasteiger partial charge in [0.1, 0.15) is 0 Å². The van der Waals surface area contributed by atoms with E-state index in [2.05, 4.69) is 19.1 Å². The Labute approximate surface area is 90.2 Å². The maximum Gasteiger partial charge on any atom is 0.185 e. The van der Waals surface area contributed by atoms with Gasteiger partial charge in [-0.2, -0.15) is 0 Å². The number of ether oxygens (including phenoxy) is 2. The number of hydrogen-bond acceptors (Lipinski definition) is 2. The minimum absolute atomic E-state index is 0.0412. The van der Waals surface area contributed by atoms with E-state index < -0.39 is 0 Å². The van der Waals surface area contributed by atoms with Gasteiger partial charge in [-0.05, 0) is 26.2 Å². The van der Waals surface area contributed by atoms with Gasteiger partial charge in [-0.1, -0.05) is 30.3 Å². The fourth-order valence-electron chi connectivity index (χ4n) is 2.63. The molecule has 0 N–H and O–H groups in total. The predicted octanol–water partition coefficient (Wildman–Crippen LogP) is 3.04. The zero-order chi connectivity index (χ0) is 10.3. The first-order valence-corrected chi connectivity index (χ1v) is 5.66. The van der Waals surface area contributed by atoms with Gasteiger partial charge in [0, 0.05) is 5.56 Å². The number of hydrogen-bond donors (Lipinski definition) is 0. The lowest BCUT2D eigenvalue weighted by atomic mass is 10.0. The molecule has 1 aliphatic carbocycles. The van der Waals surface area contributed by atoms with E-state index in [0.29, 0.717) is 6.10 Å². The van der Waals surface area contributed by atoms with Gasteiger partial charge in [-0.15, -0.1) is 0 Å². The van der Waals surface area contributed by atoms with Crippen LogP contribution in [0.3, 0.4) is 0 Å². The molecule has 1 aromatic carbocycles. The van der Waals surface area contributed by atoms with Crippen molar-refractivity contribution < 1.29 is 9.47 Å². The van der Waals surface area contributed by atoms with Crippen molar-refractivity contribution in [2.24, 2.45) is 0 Å². The summed E-state index contributed by atoms with van der Waals surface area (Å²) in [7, 11) is 0. The average Bonchev–Trinajstić information content (AvgIpc) is 2.74. The lowest BCUT2D eigenvalue weighted by Crippen LogP contribution is -2.30. The van der Waals surface area contributed by atoms with E-state index in [-0.39, 0.29) is 11.9 Å². The van der Waals surface area contributed by atoms with E-state index in [1.165, 1.54) is 6.42 Å². The standard InChI is InChI=1S/C13H16O2/c1-13-9-5-8-11(13)14-12(15-13)10-6-3-2-4-7-10/h2-4,6-7,11-12H,5,8-9H2,1H3. The Balaban J connectivity index is 1.82. The Bertz CT molecular complexity index is 349. The summed E-state index contributed by atoms with van der Waals surface area (Å²) in [6.07, 6.45) is 3.63. The largest absolute Gasteiger partial charge is 0.342 e. The van der Waals surface area contributed by atoms with Crippen molar-refractivity contribution in [3.63, 3.8) is 0 Å². The summed E-state index contributed by atoms with van der Waals surface area (Å²) >= 11 is 0. The van der Waals surface area contributed by atoms with Crippen LogP contribution in [0.4, 0.5) is 0 Å². The first-order chi connectivity index (χ1) is 7.28. The molecule has 0 radical (unpaired) electrons. The van der Waals surface area contributed by atoms with E-state index in [1.54, 1.807) is 0 Å². The highest BCUT2D eigenvalue weighted by Crippen LogP contribution is 2.46. The van der Waals surface area contributed by atoms with Crippen molar-refractivity contribution in [1.82, 2.24) is 0 Å². The second-order valence-corrected chi connectivity index (χ2v) is 4.69. The molecule has 1 saturated carbocycles. The minimum atomic E-state index is -0.151. The van der Waals surface area contributed by atoms with Crippen LogP contribution in [0.1, 0.15) is 38.0 Å². The summed E-state index contributed by atoms with van der Waals surface area (Å²) in [5, 5.41) is 0. The third kappa shape index (κ3) is 1.48. The molecular weight excluding hydrogens is 188 g/mol. The maximum absolute atomic E-state index is 6.04. The van der Waals surface area contributed by atoms with Crippen LogP contribution in [-0.4, -0.2) is 11.7 Å². The second-order valence-electron chi connectivity index (χ2n) is 4.69. The first kappa shape index (κ1) is 9.37. The van der Waals surface area contributed by atoms with Crippen LogP contribution in [0, 0.1) is 0 Å². The molecule has 1 aliphatic heterocycles. The molecule has 0 amide bonds. The molecule has 15 heavy (non-hydrogen) atoms. The number of rotatable bonds is 1. The Morgan fingerprint density at radius 2 is 2.07 bits per heavy atom. The highest BCUT2D eigenvalue weighted by atomic mass is 16.7. The van der Waals surface area contributed by atoms with Gasteiger partial charge in [0.25, 0.3) is 0 Å². The summed E-state index contributed by atoms with van der Waals surface area (Å²) < 4.78 is 12.0. The molecule has 3 atom stereocenters. The van der Waals surface area contributed by atoms with Crippen molar-refractivity contribution >= 4 is 0 Å². The number of fused-ring (bicyclic) bond motifs is 1. The van der Waals surface area contributed by atoms with Gasteiger partial charge in [0.05, 0.1) is 11.7 Å². The van der Waals surface area contributed by atoms with Gasteiger partial charge in [-0.25, -0.2) is 0 Å². The molecule has 0 aromatic heterocycles. The van der Waals surface area contributed by atoms with Crippen LogP contribution >= 0.6 is 0 Å². The third-order valence-electron chi connectivity index (χ3n) is 3.56. The van der Waals surface area contributed by atoms with Gasteiger partial charge in [0.15, 0.2) is 6.29 Å². The zero-order valence-corrected chi connectivity index (χ0v) is 8.98. The van der Waals surface area contributed by atoms with Gasteiger partial charge >= 0.3 is 0 Å². The fourth-order valence-corrected chi connectivity index (χ4v) is 2.63. The summed E-state index contributed by atoms with van der Waals surface area (Å²) in [6, 6.07) is 10.2. The van der Waals surface area contributed by atoms with Crippen LogP contribution < -0.4 is 0 Å². The monoisotopic (exact) mass is 204 g/mol. The fraction of sp³-hybridized carbons (Fsp3) is 0.538. The van der Waals surface area contributed by atoms with Crippen LogP contribution in [0.2, 0.25) is 0 Å². The molecule has 1 saturated heterocycles. The van der Waals surface area contributed by atoms with Gasteiger partial charge in [-0.3, -0.25) is 0 Å². The van der Waals surface area contributed by atoms with E-state index in [0.717, 1.165) is 18.4 Å². The molecule has 80 valence electrons. The Morgan fingerprint density at radius 3 is 2.80 bits per heavy atom. The molecule has 2 fully saturated rings. The van der Waals surface area contributed by atoms with Crippen molar-refractivity contribution in [3.8, 4) is 0 Å². The quantitative estimate of drug-likeness (QED) is 0.700. The molecule has 0 bridgehead atoms. The Hall–Kier alpha value is -0.860.